The average molecular weight is 401 g/mol. The van der Waals surface area contributed by atoms with E-state index in [-0.39, 0.29) is 12.5 Å². The van der Waals surface area contributed by atoms with Gasteiger partial charge in [0.25, 0.3) is 5.89 Å². The van der Waals surface area contributed by atoms with Crippen molar-refractivity contribution in [2.75, 3.05) is 5.32 Å². The molecule has 1 amide bonds. The van der Waals surface area contributed by atoms with Crippen molar-refractivity contribution in [3.8, 4) is 23.0 Å². The van der Waals surface area contributed by atoms with Crippen molar-refractivity contribution < 1.29 is 9.32 Å². The van der Waals surface area contributed by atoms with Crippen LogP contribution in [0.2, 0.25) is 0 Å². The summed E-state index contributed by atoms with van der Waals surface area (Å²) in [4.78, 5) is 21.4. The highest BCUT2D eigenvalue weighted by atomic mass is 16.5. The standard InChI is InChI=1S/C23H23N5O2/c1-4-17-8-10-19(11-9-17)25-21(29)14-28-13-20(24-16(28)3)22-26-23(30-27-22)18-7-5-6-15(2)12-18/h5-13H,4,14H2,1-3H3,(H,25,29). The van der Waals surface area contributed by atoms with Gasteiger partial charge >= 0.3 is 0 Å². The van der Waals surface area contributed by atoms with Crippen molar-refractivity contribution in [3.63, 3.8) is 0 Å². The topological polar surface area (TPSA) is 85.8 Å². The summed E-state index contributed by atoms with van der Waals surface area (Å²) in [6.45, 7) is 6.10. The third kappa shape index (κ3) is 4.30. The first-order valence-corrected chi connectivity index (χ1v) is 9.85. The molecule has 0 atom stereocenters. The number of carbonyl (C=O) groups excluding carboxylic acids is 1. The molecule has 2 aromatic carbocycles. The van der Waals surface area contributed by atoms with Gasteiger partial charge in [0.15, 0.2) is 0 Å². The molecule has 2 aromatic heterocycles. The third-order valence-corrected chi connectivity index (χ3v) is 4.86. The maximum Gasteiger partial charge on any atom is 0.258 e. The molecule has 0 spiro atoms. The zero-order valence-electron chi connectivity index (χ0n) is 17.2. The number of anilines is 1. The maximum absolute atomic E-state index is 12.4. The van der Waals surface area contributed by atoms with Gasteiger partial charge < -0.3 is 14.4 Å². The Morgan fingerprint density at radius 2 is 1.90 bits per heavy atom. The Morgan fingerprint density at radius 3 is 2.63 bits per heavy atom. The first-order chi connectivity index (χ1) is 14.5. The molecule has 0 unspecified atom stereocenters. The van der Waals surface area contributed by atoms with Crippen LogP contribution in [0, 0.1) is 13.8 Å². The molecule has 0 bridgehead atoms. The summed E-state index contributed by atoms with van der Waals surface area (Å²) < 4.78 is 7.17. The molecule has 0 fully saturated rings. The van der Waals surface area contributed by atoms with Crippen LogP contribution in [0.1, 0.15) is 23.9 Å². The molecule has 4 aromatic rings. The lowest BCUT2D eigenvalue weighted by Gasteiger charge is -2.07. The van der Waals surface area contributed by atoms with Gasteiger partial charge in [-0.3, -0.25) is 4.79 Å². The van der Waals surface area contributed by atoms with Gasteiger partial charge in [-0.1, -0.05) is 41.9 Å². The van der Waals surface area contributed by atoms with E-state index < -0.39 is 0 Å². The fourth-order valence-electron chi connectivity index (χ4n) is 3.18. The Labute approximate surface area is 174 Å². The second-order valence-corrected chi connectivity index (χ2v) is 7.19. The Bertz CT molecular complexity index is 1170. The lowest BCUT2D eigenvalue weighted by atomic mass is 10.1. The molecule has 4 rings (SSSR count). The Kier molecular flexibility index (Phi) is 5.43. The number of hydrogen-bond donors (Lipinski definition) is 1. The summed E-state index contributed by atoms with van der Waals surface area (Å²) in [6.07, 6.45) is 2.73. The summed E-state index contributed by atoms with van der Waals surface area (Å²) in [5, 5.41) is 6.96. The highest BCUT2D eigenvalue weighted by molar-refractivity contribution is 5.90. The van der Waals surface area contributed by atoms with Gasteiger partial charge in [-0.05, 0) is 50.1 Å². The monoisotopic (exact) mass is 401 g/mol. The molecule has 30 heavy (non-hydrogen) atoms. The fourth-order valence-corrected chi connectivity index (χ4v) is 3.18. The van der Waals surface area contributed by atoms with Crippen LogP contribution in [-0.2, 0) is 17.8 Å². The van der Waals surface area contributed by atoms with E-state index in [1.807, 2.05) is 62.4 Å². The van der Waals surface area contributed by atoms with Gasteiger partial charge in [-0.2, -0.15) is 4.98 Å². The van der Waals surface area contributed by atoms with E-state index in [4.69, 9.17) is 4.52 Å². The molecule has 0 saturated carbocycles. The Hall–Kier alpha value is -3.74. The van der Waals surface area contributed by atoms with Crippen LogP contribution in [0.3, 0.4) is 0 Å². The van der Waals surface area contributed by atoms with Gasteiger partial charge in [-0.25, -0.2) is 4.98 Å². The van der Waals surface area contributed by atoms with Crippen molar-refractivity contribution in [2.45, 2.75) is 33.7 Å². The van der Waals surface area contributed by atoms with Crippen LogP contribution < -0.4 is 5.32 Å². The number of rotatable bonds is 6. The number of aryl methyl sites for hydroxylation is 3. The number of nitrogens with one attached hydrogen (secondary N) is 1. The quantitative estimate of drug-likeness (QED) is 0.517. The molecule has 7 heteroatoms. The summed E-state index contributed by atoms with van der Waals surface area (Å²) in [5.74, 6) is 1.40. The summed E-state index contributed by atoms with van der Waals surface area (Å²) in [7, 11) is 0. The molecule has 0 aliphatic carbocycles. The first-order valence-electron chi connectivity index (χ1n) is 9.85. The largest absolute Gasteiger partial charge is 0.334 e. The number of benzene rings is 2. The van der Waals surface area contributed by atoms with E-state index in [0.29, 0.717) is 23.2 Å². The van der Waals surface area contributed by atoms with Gasteiger partial charge in [-0.15, -0.1) is 0 Å². The van der Waals surface area contributed by atoms with E-state index in [1.54, 1.807) is 10.8 Å². The van der Waals surface area contributed by atoms with Crippen LogP contribution in [-0.4, -0.2) is 25.6 Å². The van der Waals surface area contributed by atoms with Crippen LogP contribution in [0.15, 0.2) is 59.3 Å². The summed E-state index contributed by atoms with van der Waals surface area (Å²) in [6, 6.07) is 15.7. The number of aromatic nitrogens is 4. The highest BCUT2D eigenvalue weighted by Crippen LogP contribution is 2.22. The van der Waals surface area contributed by atoms with Crippen molar-refractivity contribution in [3.05, 3.63) is 71.7 Å². The van der Waals surface area contributed by atoms with Gasteiger partial charge in [0.05, 0.1) is 0 Å². The molecule has 1 N–H and O–H groups in total. The fraction of sp³-hybridized carbons (Fsp3) is 0.217. The number of amides is 1. The molecule has 0 radical (unpaired) electrons. The van der Waals surface area contributed by atoms with Crippen molar-refractivity contribution in [1.29, 1.82) is 0 Å². The van der Waals surface area contributed by atoms with Gasteiger partial charge in [0, 0.05) is 17.4 Å². The Balaban J connectivity index is 1.47. The van der Waals surface area contributed by atoms with Crippen molar-refractivity contribution >= 4 is 11.6 Å². The normalized spacial score (nSPS) is 10.9. The number of imidazole rings is 1. The van der Waals surface area contributed by atoms with Crippen LogP contribution in [0.25, 0.3) is 23.0 Å². The van der Waals surface area contributed by atoms with Crippen LogP contribution in [0.5, 0.6) is 0 Å². The van der Waals surface area contributed by atoms with E-state index in [0.717, 1.165) is 23.2 Å². The molecular formula is C23H23N5O2. The lowest BCUT2D eigenvalue weighted by molar-refractivity contribution is -0.116. The van der Waals surface area contributed by atoms with E-state index in [1.165, 1.54) is 5.56 Å². The smallest absolute Gasteiger partial charge is 0.258 e. The number of hydrogen-bond acceptors (Lipinski definition) is 5. The number of carbonyl (C=O) groups is 1. The lowest BCUT2D eigenvalue weighted by Crippen LogP contribution is -2.19. The zero-order valence-corrected chi connectivity index (χ0v) is 17.2. The molecule has 7 nitrogen and oxygen atoms in total. The Morgan fingerprint density at radius 1 is 1.10 bits per heavy atom. The SMILES string of the molecule is CCc1ccc(NC(=O)Cn2cc(-c3noc(-c4cccc(C)c4)n3)nc2C)cc1. The van der Waals surface area contributed by atoms with E-state index >= 15 is 0 Å². The molecule has 152 valence electrons. The predicted octanol–water partition coefficient (Wildman–Crippen LogP) is 4.42. The molecule has 0 aliphatic rings. The average Bonchev–Trinajstić information content (AvgIpc) is 3.36. The second kappa shape index (κ2) is 8.32. The van der Waals surface area contributed by atoms with Crippen molar-refractivity contribution in [1.82, 2.24) is 19.7 Å². The zero-order chi connectivity index (χ0) is 21.1. The first kappa shape index (κ1) is 19.6. The van der Waals surface area contributed by atoms with E-state index in [9.17, 15) is 4.79 Å². The van der Waals surface area contributed by atoms with Crippen LogP contribution in [0.4, 0.5) is 5.69 Å². The summed E-state index contributed by atoms with van der Waals surface area (Å²) >= 11 is 0. The van der Waals surface area contributed by atoms with Gasteiger partial charge in [0.1, 0.15) is 18.1 Å². The highest BCUT2D eigenvalue weighted by Gasteiger charge is 2.16. The molecule has 0 saturated heterocycles. The minimum absolute atomic E-state index is 0.125. The van der Waals surface area contributed by atoms with Gasteiger partial charge in [0.2, 0.25) is 11.7 Å². The third-order valence-electron chi connectivity index (χ3n) is 4.86. The summed E-state index contributed by atoms with van der Waals surface area (Å²) in [5.41, 5.74) is 4.54. The molecule has 2 heterocycles. The maximum atomic E-state index is 12.4. The van der Waals surface area contributed by atoms with Crippen LogP contribution >= 0.6 is 0 Å². The van der Waals surface area contributed by atoms with E-state index in [2.05, 4.69) is 27.4 Å². The minimum atomic E-state index is -0.125. The predicted molar refractivity (Wildman–Crippen MR) is 115 cm³/mol. The molecule has 0 aliphatic heterocycles. The minimum Gasteiger partial charge on any atom is -0.334 e. The second-order valence-electron chi connectivity index (χ2n) is 7.19. The van der Waals surface area contributed by atoms with Crippen molar-refractivity contribution in [2.24, 2.45) is 0 Å². The molecular weight excluding hydrogens is 378 g/mol. The number of nitrogens with zero attached hydrogens (tertiary/aromatic N) is 4.